The summed E-state index contributed by atoms with van der Waals surface area (Å²) in [6.45, 7) is 4.71. The molecule has 0 bridgehead atoms. The minimum Gasteiger partial charge on any atom is -0.394 e. The Bertz CT molecular complexity index is 859. The van der Waals surface area contributed by atoms with Crippen LogP contribution in [-0.4, -0.2) is 37.9 Å². The average Bonchev–Trinajstić information content (AvgIpc) is 3.31. The second kappa shape index (κ2) is 7.70. The van der Waals surface area contributed by atoms with Crippen molar-refractivity contribution in [3.05, 3.63) is 69.4 Å². The lowest BCUT2D eigenvalue weighted by atomic mass is 9.99. The first kappa shape index (κ1) is 17.4. The van der Waals surface area contributed by atoms with Gasteiger partial charge in [0.15, 0.2) is 5.82 Å². The van der Waals surface area contributed by atoms with Gasteiger partial charge in [-0.15, -0.1) is 11.3 Å². The van der Waals surface area contributed by atoms with Crippen LogP contribution in [0.2, 0.25) is 0 Å². The first-order valence-corrected chi connectivity index (χ1v) is 10.00. The summed E-state index contributed by atoms with van der Waals surface area (Å²) in [6, 6.07) is 13.0. The van der Waals surface area contributed by atoms with E-state index >= 15 is 0 Å². The zero-order valence-electron chi connectivity index (χ0n) is 15.0. The molecule has 1 unspecified atom stereocenters. The van der Waals surface area contributed by atoms with Gasteiger partial charge >= 0.3 is 0 Å². The smallest absolute Gasteiger partial charge is 0.156 e. The molecule has 0 saturated carbocycles. The molecule has 1 N–H and O–H groups in total. The summed E-state index contributed by atoms with van der Waals surface area (Å²) in [5.74, 6) is 1.78. The van der Waals surface area contributed by atoms with E-state index in [0.717, 1.165) is 37.6 Å². The Morgan fingerprint density at radius 2 is 2.04 bits per heavy atom. The molecule has 3 heterocycles. The number of fused-ring (bicyclic) bond motifs is 1. The van der Waals surface area contributed by atoms with Gasteiger partial charge in [0.05, 0.1) is 19.2 Å². The molecule has 1 aliphatic heterocycles. The van der Waals surface area contributed by atoms with Crippen molar-refractivity contribution in [3.63, 3.8) is 0 Å². The van der Waals surface area contributed by atoms with Crippen molar-refractivity contribution in [3.8, 4) is 0 Å². The van der Waals surface area contributed by atoms with Crippen molar-refractivity contribution in [1.82, 2.24) is 19.7 Å². The third-order valence-corrected chi connectivity index (χ3v) is 5.93. The molecule has 4 rings (SSSR count). The predicted molar refractivity (Wildman–Crippen MR) is 103 cm³/mol. The van der Waals surface area contributed by atoms with Crippen LogP contribution in [-0.2, 0) is 25.9 Å². The molecule has 1 aliphatic rings. The third-order valence-electron chi connectivity index (χ3n) is 5.05. The molecule has 136 valence electrons. The van der Waals surface area contributed by atoms with Gasteiger partial charge in [-0.1, -0.05) is 30.3 Å². The van der Waals surface area contributed by atoms with Crippen molar-refractivity contribution >= 4 is 11.3 Å². The number of thiophene rings is 1. The molecule has 0 amide bonds. The maximum atomic E-state index is 9.43. The standard InChI is InChI=1S/C20H24N4OS/c1-15(23-9-8-16-5-2-3-6-17(16)14-23)20-21-19(22-24(20)10-11-25)13-18-7-4-12-26-18/h2-7,12,15,25H,8-11,13-14H2,1H3. The topological polar surface area (TPSA) is 54.2 Å². The van der Waals surface area contributed by atoms with Gasteiger partial charge in [-0.05, 0) is 35.9 Å². The van der Waals surface area contributed by atoms with E-state index in [1.54, 1.807) is 11.3 Å². The van der Waals surface area contributed by atoms with E-state index in [-0.39, 0.29) is 12.6 Å². The number of aliphatic hydroxyl groups excluding tert-OH is 1. The third kappa shape index (κ3) is 3.58. The number of nitrogens with zero attached hydrogens (tertiary/aromatic N) is 4. The van der Waals surface area contributed by atoms with Gasteiger partial charge in [0.25, 0.3) is 0 Å². The number of benzene rings is 1. The first-order chi connectivity index (χ1) is 12.7. The molecular formula is C20H24N4OS. The molecule has 0 fully saturated rings. The Morgan fingerprint density at radius 1 is 1.19 bits per heavy atom. The fourth-order valence-electron chi connectivity index (χ4n) is 3.63. The minimum atomic E-state index is 0.0738. The fraction of sp³-hybridized carbons (Fsp3) is 0.400. The molecular weight excluding hydrogens is 344 g/mol. The molecule has 5 nitrogen and oxygen atoms in total. The molecule has 0 radical (unpaired) electrons. The van der Waals surface area contributed by atoms with Crippen LogP contribution in [0.15, 0.2) is 41.8 Å². The summed E-state index contributed by atoms with van der Waals surface area (Å²) in [5, 5.41) is 16.2. The Balaban J connectivity index is 1.56. The molecule has 1 aromatic carbocycles. The molecule has 26 heavy (non-hydrogen) atoms. The Morgan fingerprint density at radius 3 is 2.81 bits per heavy atom. The maximum absolute atomic E-state index is 9.43. The van der Waals surface area contributed by atoms with Crippen molar-refractivity contribution < 1.29 is 5.11 Å². The van der Waals surface area contributed by atoms with Crippen LogP contribution in [0, 0.1) is 0 Å². The first-order valence-electron chi connectivity index (χ1n) is 9.12. The molecule has 0 aliphatic carbocycles. The molecule has 6 heteroatoms. The number of aliphatic hydroxyl groups is 1. The van der Waals surface area contributed by atoms with Crippen LogP contribution in [0.4, 0.5) is 0 Å². The highest BCUT2D eigenvalue weighted by Crippen LogP contribution is 2.27. The second-order valence-electron chi connectivity index (χ2n) is 6.75. The highest BCUT2D eigenvalue weighted by molar-refractivity contribution is 7.09. The Hall–Kier alpha value is -2.02. The molecule has 3 aromatic rings. The summed E-state index contributed by atoms with van der Waals surface area (Å²) in [5.41, 5.74) is 2.85. The van der Waals surface area contributed by atoms with E-state index in [1.165, 1.54) is 16.0 Å². The molecule has 0 spiro atoms. The predicted octanol–water partition coefficient (Wildman–Crippen LogP) is 3.04. The summed E-state index contributed by atoms with van der Waals surface area (Å²) in [6.07, 6.45) is 1.81. The van der Waals surface area contributed by atoms with Gasteiger partial charge in [-0.25, -0.2) is 9.67 Å². The van der Waals surface area contributed by atoms with E-state index < -0.39 is 0 Å². The number of aromatic nitrogens is 3. The zero-order chi connectivity index (χ0) is 17.9. The van der Waals surface area contributed by atoms with Crippen LogP contribution in [0.1, 0.15) is 40.6 Å². The fourth-order valence-corrected chi connectivity index (χ4v) is 4.33. The van der Waals surface area contributed by atoms with E-state index in [0.29, 0.717) is 6.54 Å². The van der Waals surface area contributed by atoms with Crippen LogP contribution in [0.3, 0.4) is 0 Å². The van der Waals surface area contributed by atoms with Gasteiger partial charge < -0.3 is 5.11 Å². The monoisotopic (exact) mass is 368 g/mol. The van der Waals surface area contributed by atoms with Gasteiger partial charge in [-0.2, -0.15) is 5.10 Å². The van der Waals surface area contributed by atoms with E-state index in [2.05, 4.69) is 58.7 Å². The summed E-state index contributed by atoms with van der Waals surface area (Å²) in [7, 11) is 0. The minimum absolute atomic E-state index is 0.0738. The normalized spacial score (nSPS) is 15.8. The van der Waals surface area contributed by atoms with Crippen molar-refractivity contribution in [1.29, 1.82) is 0 Å². The zero-order valence-corrected chi connectivity index (χ0v) is 15.8. The van der Waals surface area contributed by atoms with Crippen LogP contribution in [0.25, 0.3) is 0 Å². The Kier molecular flexibility index (Phi) is 5.15. The highest BCUT2D eigenvalue weighted by atomic mass is 32.1. The maximum Gasteiger partial charge on any atom is 0.156 e. The van der Waals surface area contributed by atoms with Crippen LogP contribution in [0.5, 0.6) is 0 Å². The largest absolute Gasteiger partial charge is 0.394 e. The Labute approximate surface area is 157 Å². The molecule has 1 atom stereocenters. The van der Waals surface area contributed by atoms with Gasteiger partial charge in [0.1, 0.15) is 5.82 Å². The molecule has 2 aromatic heterocycles. The number of rotatable bonds is 6. The quantitative estimate of drug-likeness (QED) is 0.727. The van der Waals surface area contributed by atoms with Gasteiger partial charge in [-0.3, -0.25) is 4.90 Å². The van der Waals surface area contributed by atoms with Crippen molar-refractivity contribution in [2.24, 2.45) is 0 Å². The highest BCUT2D eigenvalue weighted by Gasteiger charge is 2.25. The number of hydrogen-bond donors (Lipinski definition) is 1. The van der Waals surface area contributed by atoms with E-state index in [9.17, 15) is 5.11 Å². The summed E-state index contributed by atoms with van der Waals surface area (Å²) in [4.78, 5) is 8.56. The summed E-state index contributed by atoms with van der Waals surface area (Å²) >= 11 is 1.73. The summed E-state index contributed by atoms with van der Waals surface area (Å²) < 4.78 is 1.88. The second-order valence-corrected chi connectivity index (χ2v) is 7.79. The average molecular weight is 369 g/mol. The van der Waals surface area contributed by atoms with Gasteiger partial charge in [0, 0.05) is 24.4 Å². The van der Waals surface area contributed by atoms with Crippen molar-refractivity contribution in [2.75, 3.05) is 13.2 Å². The van der Waals surface area contributed by atoms with Crippen LogP contribution < -0.4 is 0 Å². The lowest BCUT2D eigenvalue weighted by Gasteiger charge is -2.33. The van der Waals surface area contributed by atoms with Gasteiger partial charge in [0.2, 0.25) is 0 Å². The van der Waals surface area contributed by atoms with E-state index in [4.69, 9.17) is 4.98 Å². The number of hydrogen-bond acceptors (Lipinski definition) is 5. The molecule has 0 saturated heterocycles. The van der Waals surface area contributed by atoms with E-state index in [1.807, 2.05) is 4.68 Å². The lowest BCUT2D eigenvalue weighted by molar-refractivity contribution is 0.176. The van der Waals surface area contributed by atoms with Crippen LogP contribution >= 0.6 is 11.3 Å². The van der Waals surface area contributed by atoms with Crippen molar-refractivity contribution in [2.45, 2.75) is 38.9 Å². The SMILES string of the molecule is CC(c1nc(Cc2cccs2)nn1CCO)N1CCc2ccccc2C1. The lowest BCUT2D eigenvalue weighted by Crippen LogP contribution is -2.34.